The summed E-state index contributed by atoms with van der Waals surface area (Å²) < 4.78 is 11.7. The van der Waals surface area contributed by atoms with Crippen LogP contribution in [0.2, 0.25) is 0 Å². The Bertz CT molecular complexity index is 1140. The maximum Gasteiger partial charge on any atom is 0.144 e. The lowest BCUT2D eigenvalue weighted by atomic mass is 10.1. The molecule has 0 saturated carbocycles. The van der Waals surface area contributed by atoms with E-state index in [4.69, 9.17) is 14.1 Å². The lowest BCUT2D eigenvalue weighted by Gasteiger charge is -2.08. The fourth-order valence-electron chi connectivity index (χ4n) is 3.28. The van der Waals surface area contributed by atoms with Gasteiger partial charge in [-0.25, -0.2) is 0 Å². The molecule has 0 fully saturated rings. The van der Waals surface area contributed by atoms with E-state index in [1.807, 2.05) is 36.4 Å². The minimum Gasteiger partial charge on any atom is -0.497 e. The van der Waals surface area contributed by atoms with Crippen molar-refractivity contribution in [3.63, 3.8) is 0 Å². The van der Waals surface area contributed by atoms with Crippen molar-refractivity contribution >= 4 is 21.7 Å². The molecule has 0 unspecified atom stereocenters. The molecule has 0 saturated heterocycles. The van der Waals surface area contributed by atoms with Gasteiger partial charge >= 0.3 is 0 Å². The molecule has 0 amide bonds. The van der Waals surface area contributed by atoms with E-state index >= 15 is 0 Å². The van der Waals surface area contributed by atoms with Crippen molar-refractivity contribution in [2.45, 2.75) is 19.8 Å². The Morgan fingerprint density at radius 1 is 0.926 bits per heavy atom. The highest BCUT2D eigenvalue weighted by atomic mass is 16.5. The Balaban J connectivity index is 1.98. The summed E-state index contributed by atoms with van der Waals surface area (Å²) in [6.07, 6.45) is 2.21. The number of rotatable bonds is 5. The monoisotopic (exact) mass is 357 g/mol. The summed E-state index contributed by atoms with van der Waals surface area (Å²) in [5.41, 5.74) is 1.90. The zero-order valence-corrected chi connectivity index (χ0v) is 15.7. The first-order valence-electron chi connectivity index (χ1n) is 9.40. The molecule has 3 aromatic carbocycles. The van der Waals surface area contributed by atoms with Gasteiger partial charge in [0.2, 0.25) is 0 Å². The fourth-order valence-corrected chi connectivity index (χ4v) is 3.28. The Hall–Kier alpha value is -3.07. The molecule has 4 rings (SSSR count). The van der Waals surface area contributed by atoms with Crippen LogP contribution >= 0.6 is 0 Å². The second-order valence-electron chi connectivity index (χ2n) is 6.62. The molecule has 1 aromatic heterocycles. The minimum absolute atomic E-state index is 0.816. The van der Waals surface area contributed by atoms with Crippen molar-refractivity contribution in [2.75, 3.05) is 13.7 Å². The van der Waals surface area contributed by atoms with Gasteiger partial charge in [-0.3, -0.25) is 4.99 Å². The maximum absolute atomic E-state index is 6.38. The highest BCUT2D eigenvalue weighted by molar-refractivity contribution is 6.04. The van der Waals surface area contributed by atoms with Crippen LogP contribution in [0, 0.1) is 0 Å². The van der Waals surface area contributed by atoms with Crippen LogP contribution in [0.4, 0.5) is 0 Å². The normalized spacial score (nSPS) is 12.0. The van der Waals surface area contributed by atoms with Crippen molar-refractivity contribution in [1.82, 2.24) is 0 Å². The first kappa shape index (κ1) is 17.3. The number of ether oxygens (including phenoxy) is 1. The first-order chi connectivity index (χ1) is 13.3. The smallest absolute Gasteiger partial charge is 0.144 e. The molecule has 1 heterocycles. The lowest BCUT2D eigenvalue weighted by Crippen LogP contribution is -2.05. The van der Waals surface area contributed by atoms with E-state index in [0.29, 0.717) is 0 Å². The third kappa shape index (κ3) is 3.45. The van der Waals surface area contributed by atoms with E-state index in [-0.39, 0.29) is 0 Å². The molecule has 3 heteroatoms. The van der Waals surface area contributed by atoms with Gasteiger partial charge in [0.1, 0.15) is 17.1 Å². The standard InChI is InChI=1S/C24H23NO2/c1-3-4-15-25-22-16-23(18-9-12-19(26-2)13-10-18)27-24-20-8-6-5-7-17(20)11-14-21(22)24/h5-14,16H,3-4,15H2,1-2H3. The molecule has 0 bridgehead atoms. The van der Waals surface area contributed by atoms with E-state index in [9.17, 15) is 0 Å². The van der Waals surface area contributed by atoms with Crippen molar-refractivity contribution in [1.29, 1.82) is 0 Å². The third-order valence-electron chi connectivity index (χ3n) is 4.80. The second kappa shape index (κ2) is 7.67. The number of methoxy groups -OCH3 is 1. The molecule has 0 aliphatic rings. The number of hydrogen-bond donors (Lipinski definition) is 0. The topological polar surface area (TPSA) is 34.7 Å². The summed E-state index contributed by atoms with van der Waals surface area (Å²) in [7, 11) is 1.67. The van der Waals surface area contributed by atoms with Crippen LogP contribution < -0.4 is 10.1 Å². The Morgan fingerprint density at radius 3 is 2.52 bits per heavy atom. The van der Waals surface area contributed by atoms with E-state index in [1.165, 1.54) is 5.39 Å². The van der Waals surface area contributed by atoms with Crippen LogP contribution in [-0.2, 0) is 0 Å². The summed E-state index contributed by atoms with van der Waals surface area (Å²) in [4.78, 5) is 4.87. The van der Waals surface area contributed by atoms with Gasteiger partial charge in [0.15, 0.2) is 0 Å². The summed E-state index contributed by atoms with van der Waals surface area (Å²) in [5, 5.41) is 4.32. The summed E-state index contributed by atoms with van der Waals surface area (Å²) in [5.74, 6) is 1.65. The number of nitrogens with zero attached hydrogens (tertiary/aromatic N) is 1. The Kier molecular flexibility index (Phi) is 4.93. The van der Waals surface area contributed by atoms with Gasteiger partial charge in [-0.15, -0.1) is 0 Å². The second-order valence-corrected chi connectivity index (χ2v) is 6.62. The quantitative estimate of drug-likeness (QED) is 0.326. The highest BCUT2D eigenvalue weighted by Gasteiger charge is 2.09. The van der Waals surface area contributed by atoms with Gasteiger partial charge in [0.25, 0.3) is 0 Å². The summed E-state index contributed by atoms with van der Waals surface area (Å²) in [6.45, 7) is 3.01. The van der Waals surface area contributed by atoms with Crippen molar-refractivity contribution in [2.24, 2.45) is 4.99 Å². The minimum atomic E-state index is 0.816. The average Bonchev–Trinajstić information content (AvgIpc) is 2.73. The fraction of sp³-hybridized carbons (Fsp3) is 0.208. The van der Waals surface area contributed by atoms with E-state index in [1.54, 1.807) is 7.11 Å². The molecule has 3 nitrogen and oxygen atoms in total. The van der Waals surface area contributed by atoms with Crippen molar-refractivity contribution < 1.29 is 9.15 Å². The zero-order chi connectivity index (χ0) is 18.6. The van der Waals surface area contributed by atoms with Crippen LogP contribution in [0.3, 0.4) is 0 Å². The predicted octanol–water partition coefficient (Wildman–Crippen LogP) is 5.96. The van der Waals surface area contributed by atoms with Gasteiger partial charge in [-0.05, 0) is 42.1 Å². The lowest BCUT2D eigenvalue weighted by molar-refractivity contribution is 0.415. The third-order valence-corrected chi connectivity index (χ3v) is 4.80. The zero-order valence-electron chi connectivity index (χ0n) is 15.7. The highest BCUT2D eigenvalue weighted by Crippen LogP contribution is 2.28. The van der Waals surface area contributed by atoms with E-state index in [2.05, 4.69) is 37.3 Å². The molecule has 0 aliphatic heterocycles. The van der Waals surface area contributed by atoms with Crippen LogP contribution in [0.1, 0.15) is 19.8 Å². The van der Waals surface area contributed by atoms with Crippen molar-refractivity contribution in [3.05, 3.63) is 72.1 Å². The molecule has 0 radical (unpaired) electrons. The molecule has 0 atom stereocenters. The number of unbranched alkanes of at least 4 members (excludes halogenated alkanes) is 1. The average molecular weight is 357 g/mol. The van der Waals surface area contributed by atoms with Crippen LogP contribution in [0.25, 0.3) is 33.1 Å². The van der Waals surface area contributed by atoms with Crippen LogP contribution in [-0.4, -0.2) is 13.7 Å². The molecule has 27 heavy (non-hydrogen) atoms. The van der Waals surface area contributed by atoms with Gasteiger partial charge in [-0.2, -0.15) is 0 Å². The molecular weight excluding hydrogens is 334 g/mol. The molecule has 0 aliphatic carbocycles. The van der Waals surface area contributed by atoms with Crippen molar-refractivity contribution in [3.8, 4) is 17.1 Å². The summed E-state index contributed by atoms with van der Waals surface area (Å²) in [6, 6.07) is 22.6. The van der Waals surface area contributed by atoms with Gasteiger partial charge < -0.3 is 9.15 Å². The first-order valence-corrected chi connectivity index (χ1v) is 9.40. The van der Waals surface area contributed by atoms with Gasteiger partial charge in [0.05, 0.1) is 12.5 Å². The maximum atomic E-state index is 6.38. The Labute approximate surface area is 158 Å². The summed E-state index contributed by atoms with van der Waals surface area (Å²) >= 11 is 0. The molecular formula is C24H23NO2. The molecule has 0 N–H and O–H groups in total. The number of fused-ring (bicyclic) bond motifs is 3. The van der Waals surface area contributed by atoms with Gasteiger partial charge in [0, 0.05) is 28.9 Å². The van der Waals surface area contributed by atoms with E-state index < -0.39 is 0 Å². The van der Waals surface area contributed by atoms with Crippen LogP contribution in [0.5, 0.6) is 5.75 Å². The van der Waals surface area contributed by atoms with E-state index in [0.717, 1.165) is 58.2 Å². The number of hydrogen-bond acceptors (Lipinski definition) is 3. The SMILES string of the molecule is CCCCN=c1cc(-c2ccc(OC)cc2)oc2c1ccc1ccccc12. The van der Waals surface area contributed by atoms with Crippen LogP contribution in [0.15, 0.2) is 76.1 Å². The predicted molar refractivity (Wildman–Crippen MR) is 111 cm³/mol. The largest absolute Gasteiger partial charge is 0.497 e. The number of benzene rings is 3. The molecule has 0 spiro atoms. The molecule has 4 aromatic rings. The molecule has 136 valence electrons. The van der Waals surface area contributed by atoms with Gasteiger partial charge in [-0.1, -0.05) is 43.7 Å². The Morgan fingerprint density at radius 2 is 1.74 bits per heavy atom.